The third kappa shape index (κ3) is 4.54. The molecule has 1 amide bonds. The van der Waals surface area contributed by atoms with E-state index in [4.69, 9.17) is 10.5 Å². The first kappa shape index (κ1) is 15.5. The lowest BCUT2D eigenvalue weighted by molar-refractivity contribution is 0.0942. The molecule has 0 saturated carbocycles. The smallest absolute Gasteiger partial charge is 0.270 e. The Labute approximate surface area is 128 Å². The van der Waals surface area contributed by atoms with Gasteiger partial charge in [-0.15, -0.1) is 11.3 Å². The molecule has 0 aliphatic heterocycles. The van der Waals surface area contributed by atoms with Crippen LogP contribution in [0.15, 0.2) is 29.6 Å². The van der Waals surface area contributed by atoms with Crippen molar-refractivity contribution in [1.82, 2.24) is 10.3 Å². The first-order valence-electron chi connectivity index (χ1n) is 6.75. The van der Waals surface area contributed by atoms with E-state index < -0.39 is 0 Å². The van der Waals surface area contributed by atoms with Crippen molar-refractivity contribution in [1.29, 1.82) is 0 Å². The van der Waals surface area contributed by atoms with E-state index in [0.29, 0.717) is 18.8 Å². The molecule has 1 atom stereocenters. The number of rotatable bonds is 6. The number of aromatic nitrogens is 1. The number of hydrogen-bond donors (Lipinski definition) is 2. The largest absolute Gasteiger partial charge is 0.492 e. The third-order valence-electron chi connectivity index (χ3n) is 2.79. The summed E-state index contributed by atoms with van der Waals surface area (Å²) in [7, 11) is 0. The second-order valence-electron chi connectivity index (χ2n) is 4.78. The molecule has 21 heavy (non-hydrogen) atoms. The highest BCUT2D eigenvalue weighted by Crippen LogP contribution is 2.15. The van der Waals surface area contributed by atoms with Crippen molar-refractivity contribution in [3.8, 4) is 5.75 Å². The molecule has 2 aromatic rings. The lowest BCUT2D eigenvalue weighted by atomic mass is 10.2. The molecule has 0 radical (unpaired) electrons. The molecule has 1 aromatic heterocycles. The lowest BCUT2D eigenvalue weighted by Crippen LogP contribution is -2.28. The maximum absolute atomic E-state index is 11.9. The highest BCUT2D eigenvalue weighted by atomic mass is 32.1. The molecule has 0 aliphatic rings. The van der Waals surface area contributed by atoms with Gasteiger partial charge < -0.3 is 15.8 Å². The minimum Gasteiger partial charge on any atom is -0.492 e. The fraction of sp³-hybridized carbons (Fsp3) is 0.333. The monoisotopic (exact) mass is 305 g/mol. The molecule has 5 nitrogen and oxygen atoms in total. The Hall–Kier alpha value is -1.92. The van der Waals surface area contributed by atoms with Gasteiger partial charge in [0.05, 0.1) is 12.6 Å². The van der Waals surface area contributed by atoms with Crippen LogP contribution in [0.2, 0.25) is 0 Å². The maximum atomic E-state index is 11.9. The molecule has 0 bridgehead atoms. The van der Waals surface area contributed by atoms with Gasteiger partial charge in [0, 0.05) is 5.38 Å². The van der Waals surface area contributed by atoms with Crippen molar-refractivity contribution in [2.75, 3.05) is 13.2 Å². The normalized spacial score (nSPS) is 12.0. The summed E-state index contributed by atoms with van der Waals surface area (Å²) in [5.74, 6) is 0.600. The summed E-state index contributed by atoms with van der Waals surface area (Å²) >= 11 is 1.40. The molecular weight excluding hydrogens is 286 g/mol. The Kier molecular flexibility index (Phi) is 5.30. The summed E-state index contributed by atoms with van der Waals surface area (Å²) in [5.41, 5.74) is 7.27. The standard InChI is InChI=1S/C15H19N3O2S/c1-10-4-3-5-12(8-10)20-7-6-17-14(19)13-9-21-15(18-13)11(2)16/h3-5,8-9,11H,6-7,16H2,1-2H3,(H,17,19). The quantitative estimate of drug-likeness (QED) is 0.803. The Morgan fingerprint density at radius 3 is 3.00 bits per heavy atom. The third-order valence-corrected chi connectivity index (χ3v) is 3.84. The van der Waals surface area contributed by atoms with Gasteiger partial charge in [0.25, 0.3) is 5.91 Å². The van der Waals surface area contributed by atoms with Crippen molar-refractivity contribution >= 4 is 17.2 Å². The summed E-state index contributed by atoms with van der Waals surface area (Å²) in [4.78, 5) is 16.1. The van der Waals surface area contributed by atoms with Gasteiger partial charge in [-0.1, -0.05) is 12.1 Å². The first-order valence-corrected chi connectivity index (χ1v) is 7.63. The van der Waals surface area contributed by atoms with E-state index in [2.05, 4.69) is 10.3 Å². The number of carbonyl (C=O) groups is 1. The highest BCUT2D eigenvalue weighted by Gasteiger charge is 2.12. The predicted molar refractivity (Wildman–Crippen MR) is 83.7 cm³/mol. The zero-order valence-electron chi connectivity index (χ0n) is 12.1. The van der Waals surface area contributed by atoms with Crippen LogP contribution in [0.25, 0.3) is 0 Å². The minimum atomic E-state index is -0.203. The summed E-state index contributed by atoms with van der Waals surface area (Å²) in [6, 6.07) is 7.64. The number of carbonyl (C=O) groups excluding carboxylic acids is 1. The molecule has 1 heterocycles. The summed E-state index contributed by atoms with van der Waals surface area (Å²) in [6.45, 7) is 4.69. The van der Waals surface area contributed by atoms with E-state index in [-0.39, 0.29) is 11.9 Å². The van der Waals surface area contributed by atoms with Crippen LogP contribution in [0.5, 0.6) is 5.75 Å². The van der Waals surface area contributed by atoms with Gasteiger partial charge in [-0.05, 0) is 31.5 Å². The van der Waals surface area contributed by atoms with Crippen LogP contribution < -0.4 is 15.8 Å². The van der Waals surface area contributed by atoms with Crippen LogP contribution in [0.3, 0.4) is 0 Å². The second-order valence-corrected chi connectivity index (χ2v) is 5.67. The van der Waals surface area contributed by atoms with Crippen LogP contribution in [0, 0.1) is 6.92 Å². The number of aryl methyl sites for hydroxylation is 1. The molecule has 0 fully saturated rings. The Bertz CT molecular complexity index is 610. The number of hydrogen-bond acceptors (Lipinski definition) is 5. The summed E-state index contributed by atoms with van der Waals surface area (Å²) < 4.78 is 5.56. The zero-order chi connectivity index (χ0) is 15.2. The van der Waals surface area contributed by atoms with E-state index in [1.165, 1.54) is 11.3 Å². The van der Waals surface area contributed by atoms with E-state index in [0.717, 1.165) is 16.3 Å². The van der Waals surface area contributed by atoms with Crippen LogP contribution in [-0.2, 0) is 0 Å². The Balaban J connectivity index is 1.76. The molecule has 1 unspecified atom stereocenters. The molecule has 2 rings (SSSR count). The van der Waals surface area contributed by atoms with Crippen LogP contribution in [-0.4, -0.2) is 24.0 Å². The Morgan fingerprint density at radius 1 is 1.52 bits per heavy atom. The van der Waals surface area contributed by atoms with E-state index in [1.54, 1.807) is 5.38 Å². The van der Waals surface area contributed by atoms with Crippen LogP contribution >= 0.6 is 11.3 Å². The number of nitrogens with one attached hydrogen (secondary N) is 1. The van der Waals surface area contributed by atoms with Gasteiger partial charge >= 0.3 is 0 Å². The lowest BCUT2D eigenvalue weighted by Gasteiger charge is -2.07. The molecule has 0 spiro atoms. The predicted octanol–water partition coefficient (Wildman–Crippen LogP) is 2.28. The molecule has 0 saturated heterocycles. The van der Waals surface area contributed by atoms with Crippen LogP contribution in [0.4, 0.5) is 0 Å². The van der Waals surface area contributed by atoms with Gasteiger partial charge in [0.15, 0.2) is 0 Å². The number of amides is 1. The van der Waals surface area contributed by atoms with Gasteiger partial charge in [-0.3, -0.25) is 4.79 Å². The van der Waals surface area contributed by atoms with Crippen molar-refractivity contribution < 1.29 is 9.53 Å². The van der Waals surface area contributed by atoms with Crippen molar-refractivity contribution in [3.63, 3.8) is 0 Å². The zero-order valence-corrected chi connectivity index (χ0v) is 12.9. The van der Waals surface area contributed by atoms with Gasteiger partial charge in [-0.25, -0.2) is 4.98 Å². The number of thiazole rings is 1. The van der Waals surface area contributed by atoms with Crippen molar-refractivity contribution in [2.24, 2.45) is 5.73 Å². The number of ether oxygens (including phenoxy) is 1. The molecular formula is C15H19N3O2S. The van der Waals surface area contributed by atoms with Crippen LogP contribution in [0.1, 0.15) is 34.0 Å². The molecule has 3 N–H and O–H groups in total. The topological polar surface area (TPSA) is 77.2 Å². The molecule has 112 valence electrons. The Morgan fingerprint density at radius 2 is 2.33 bits per heavy atom. The molecule has 0 aliphatic carbocycles. The average Bonchev–Trinajstić information content (AvgIpc) is 2.93. The van der Waals surface area contributed by atoms with Gasteiger partial charge in [0.1, 0.15) is 23.1 Å². The molecule has 6 heteroatoms. The summed E-state index contributed by atoms with van der Waals surface area (Å²) in [5, 5.41) is 5.25. The number of benzene rings is 1. The first-order chi connectivity index (χ1) is 10.1. The second kappa shape index (κ2) is 7.19. The summed E-state index contributed by atoms with van der Waals surface area (Å²) in [6.07, 6.45) is 0. The van der Waals surface area contributed by atoms with E-state index in [1.807, 2.05) is 38.1 Å². The van der Waals surface area contributed by atoms with E-state index in [9.17, 15) is 4.79 Å². The van der Waals surface area contributed by atoms with Crippen molar-refractivity contribution in [2.45, 2.75) is 19.9 Å². The highest BCUT2D eigenvalue weighted by molar-refractivity contribution is 7.09. The fourth-order valence-electron chi connectivity index (χ4n) is 1.73. The average molecular weight is 305 g/mol. The van der Waals surface area contributed by atoms with Gasteiger partial charge in [-0.2, -0.15) is 0 Å². The fourth-order valence-corrected chi connectivity index (χ4v) is 2.49. The molecule has 1 aromatic carbocycles. The number of nitrogens with zero attached hydrogens (tertiary/aromatic N) is 1. The maximum Gasteiger partial charge on any atom is 0.270 e. The number of nitrogens with two attached hydrogens (primary N) is 1. The van der Waals surface area contributed by atoms with Crippen molar-refractivity contribution in [3.05, 3.63) is 45.9 Å². The van der Waals surface area contributed by atoms with E-state index >= 15 is 0 Å². The van der Waals surface area contributed by atoms with Gasteiger partial charge in [0.2, 0.25) is 0 Å². The minimum absolute atomic E-state index is 0.152. The SMILES string of the molecule is Cc1cccc(OCCNC(=O)c2csc(C(C)N)n2)c1.